The number of fused-ring (bicyclic) bond motifs is 1. The zero-order valence-corrected chi connectivity index (χ0v) is 11.2. The van der Waals surface area contributed by atoms with Crippen molar-refractivity contribution in [2.75, 3.05) is 25.1 Å². The Morgan fingerprint density at radius 2 is 2.11 bits per heavy atom. The second-order valence-corrected chi connectivity index (χ2v) is 5.52. The quantitative estimate of drug-likeness (QED) is 0.888. The van der Waals surface area contributed by atoms with E-state index in [0.29, 0.717) is 19.4 Å². The molecule has 4 nitrogen and oxygen atoms in total. The second kappa shape index (κ2) is 4.44. The Hall–Kier alpha value is -1.71. The monoisotopic (exact) mass is 261 g/mol. The van der Waals surface area contributed by atoms with Crippen molar-refractivity contribution in [2.45, 2.75) is 31.1 Å². The maximum Gasteiger partial charge on any atom is 0.314 e. The van der Waals surface area contributed by atoms with Crippen molar-refractivity contribution < 1.29 is 14.6 Å². The summed E-state index contributed by atoms with van der Waals surface area (Å²) in [6.07, 6.45) is 3.38. The molecular weight excluding hydrogens is 242 g/mol. The van der Waals surface area contributed by atoms with Gasteiger partial charge in [-0.15, -0.1) is 0 Å². The van der Waals surface area contributed by atoms with Gasteiger partial charge in [-0.25, -0.2) is 0 Å². The second-order valence-electron chi connectivity index (χ2n) is 5.52. The third-order valence-electron chi connectivity index (χ3n) is 4.46. The van der Waals surface area contributed by atoms with Crippen molar-refractivity contribution in [3.8, 4) is 5.75 Å². The first-order chi connectivity index (χ1) is 9.15. The van der Waals surface area contributed by atoms with Crippen LogP contribution in [0, 0.1) is 0 Å². The smallest absolute Gasteiger partial charge is 0.314 e. The van der Waals surface area contributed by atoms with E-state index in [2.05, 4.69) is 4.90 Å². The summed E-state index contributed by atoms with van der Waals surface area (Å²) in [5, 5.41) is 9.72. The number of aliphatic carboxylic acids is 1. The minimum absolute atomic E-state index is 0.621. The van der Waals surface area contributed by atoms with E-state index < -0.39 is 11.4 Å². The van der Waals surface area contributed by atoms with Gasteiger partial charge in [-0.1, -0.05) is 25.0 Å². The molecule has 1 heterocycles. The molecule has 102 valence electrons. The summed E-state index contributed by atoms with van der Waals surface area (Å²) < 4.78 is 5.81. The molecule has 1 aromatic rings. The van der Waals surface area contributed by atoms with Gasteiger partial charge in [0.05, 0.1) is 17.6 Å². The average Bonchev–Trinajstić information content (AvgIpc) is 2.89. The molecule has 1 fully saturated rings. The zero-order chi connectivity index (χ0) is 13.5. The number of hydrogen-bond donors (Lipinski definition) is 1. The van der Waals surface area contributed by atoms with E-state index in [-0.39, 0.29) is 0 Å². The average molecular weight is 261 g/mol. The molecule has 0 atom stereocenters. The molecule has 19 heavy (non-hydrogen) atoms. The van der Waals surface area contributed by atoms with Crippen LogP contribution < -0.4 is 9.64 Å². The molecule has 1 aliphatic carbocycles. The van der Waals surface area contributed by atoms with Crippen LogP contribution in [0.1, 0.15) is 31.2 Å². The molecule has 0 radical (unpaired) electrons. The maximum absolute atomic E-state index is 11.8. The summed E-state index contributed by atoms with van der Waals surface area (Å²) in [5.41, 5.74) is 1.13. The number of carbonyl (C=O) groups is 1. The predicted octanol–water partition coefficient (Wildman–Crippen LogP) is 2.41. The summed E-state index contributed by atoms with van der Waals surface area (Å²) in [6.45, 7) is 1.47. The fourth-order valence-corrected chi connectivity index (χ4v) is 3.34. The van der Waals surface area contributed by atoms with Crippen molar-refractivity contribution in [1.29, 1.82) is 0 Å². The Morgan fingerprint density at radius 1 is 1.37 bits per heavy atom. The van der Waals surface area contributed by atoms with Gasteiger partial charge in [0, 0.05) is 12.6 Å². The predicted molar refractivity (Wildman–Crippen MR) is 73.0 cm³/mol. The Morgan fingerprint density at radius 3 is 2.79 bits per heavy atom. The van der Waals surface area contributed by atoms with Gasteiger partial charge >= 0.3 is 5.97 Å². The van der Waals surface area contributed by atoms with E-state index >= 15 is 0 Å². The van der Waals surface area contributed by atoms with Gasteiger partial charge in [0.15, 0.2) is 0 Å². The molecule has 1 saturated carbocycles. The number of ether oxygens (including phenoxy) is 1. The van der Waals surface area contributed by atoms with E-state index in [0.717, 1.165) is 36.4 Å². The summed E-state index contributed by atoms with van der Waals surface area (Å²) in [7, 11) is 2.02. The highest BCUT2D eigenvalue weighted by Gasteiger charge is 2.45. The standard InChI is InChI=1S/C15H19NO3/c1-16-9-10-19-13-11(5-4-6-12(13)16)15(14(17)18)7-2-3-8-15/h4-6H,2-3,7-10H2,1H3,(H,17,18). The van der Waals surface area contributed by atoms with Crippen LogP contribution in [0.25, 0.3) is 0 Å². The Kier molecular flexibility index (Phi) is 2.88. The number of para-hydroxylation sites is 1. The van der Waals surface area contributed by atoms with Crippen LogP contribution in [0.15, 0.2) is 18.2 Å². The van der Waals surface area contributed by atoms with Crippen LogP contribution in [0.4, 0.5) is 5.69 Å². The van der Waals surface area contributed by atoms with Crippen LogP contribution in [-0.4, -0.2) is 31.3 Å². The summed E-state index contributed by atoms with van der Waals surface area (Å²) in [5.74, 6) is 0.0655. The third kappa shape index (κ3) is 1.78. The first-order valence-electron chi connectivity index (χ1n) is 6.86. The molecule has 4 heteroatoms. The highest BCUT2D eigenvalue weighted by Crippen LogP contribution is 2.48. The highest BCUT2D eigenvalue weighted by molar-refractivity contribution is 5.84. The Labute approximate surface area is 113 Å². The van der Waals surface area contributed by atoms with E-state index in [4.69, 9.17) is 4.74 Å². The molecule has 3 rings (SSSR count). The van der Waals surface area contributed by atoms with Crippen LogP contribution >= 0.6 is 0 Å². The van der Waals surface area contributed by atoms with Crippen molar-refractivity contribution in [1.82, 2.24) is 0 Å². The van der Waals surface area contributed by atoms with E-state index in [1.807, 2.05) is 25.2 Å². The minimum Gasteiger partial charge on any atom is -0.489 e. The van der Waals surface area contributed by atoms with Gasteiger partial charge in [-0.2, -0.15) is 0 Å². The van der Waals surface area contributed by atoms with Gasteiger partial charge in [0.25, 0.3) is 0 Å². The fourth-order valence-electron chi connectivity index (χ4n) is 3.34. The number of benzene rings is 1. The van der Waals surface area contributed by atoms with Crippen molar-refractivity contribution in [3.63, 3.8) is 0 Å². The number of hydrogen-bond acceptors (Lipinski definition) is 3. The Bertz CT molecular complexity index is 506. The van der Waals surface area contributed by atoms with Crippen LogP contribution in [0.5, 0.6) is 5.75 Å². The zero-order valence-electron chi connectivity index (χ0n) is 11.2. The van der Waals surface area contributed by atoms with E-state index in [1.54, 1.807) is 0 Å². The molecule has 0 saturated heterocycles. The van der Waals surface area contributed by atoms with Crippen LogP contribution in [0.3, 0.4) is 0 Å². The van der Waals surface area contributed by atoms with Gasteiger partial charge in [-0.3, -0.25) is 4.79 Å². The van der Waals surface area contributed by atoms with Crippen LogP contribution in [0.2, 0.25) is 0 Å². The van der Waals surface area contributed by atoms with Gasteiger partial charge in [0.2, 0.25) is 0 Å². The summed E-state index contributed by atoms with van der Waals surface area (Å²) in [6, 6.07) is 5.88. The molecular formula is C15H19NO3. The maximum atomic E-state index is 11.8. The van der Waals surface area contributed by atoms with Crippen LogP contribution in [-0.2, 0) is 10.2 Å². The molecule has 1 N–H and O–H groups in total. The summed E-state index contributed by atoms with van der Waals surface area (Å²) in [4.78, 5) is 14.0. The molecule has 0 bridgehead atoms. The Balaban J connectivity index is 2.15. The molecule has 2 aliphatic rings. The number of anilines is 1. The van der Waals surface area contributed by atoms with Gasteiger partial charge < -0.3 is 14.7 Å². The van der Waals surface area contributed by atoms with Crippen molar-refractivity contribution in [2.24, 2.45) is 0 Å². The number of carboxylic acid groups (broad SMARTS) is 1. The van der Waals surface area contributed by atoms with Crippen molar-refractivity contribution in [3.05, 3.63) is 23.8 Å². The molecule has 0 spiro atoms. The molecule has 0 amide bonds. The lowest BCUT2D eigenvalue weighted by Crippen LogP contribution is -2.36. The number of rotatable bonds is 2. The lowest BCUT2D eigenvalue weighted by molar-refractivity contribution is -0.143. The highest BCUT2D eigenvalue weighted by atomic mass is 16.5. The minimum atomic E-state index is -0.747. The summed E-state index contributed by atoms with van der Waals surface area (Å²) >= 11 is 0. The first-order valence-corrected chi connectivity index (χ1v) is 6.86. The lowest BCUT2D eigenvalue weighted by Gasteiger charge is -2.33. The largest absolute Gasteiger partial charge is 0.489 e. The first kappa shape index (κ1) is 12.3. The molecule has 0 aromatic heterocycles. The molecule has 1 aliphatic heterocycles. The SMILES string of the molecule is CN1CCOc2c1cccc2C1(C(=O)O)CCCC1. The third-order valence-corrected chi connectivity index (χ3v) is 4.46. The number of likely N-dealkylation sites (N-methyl/N-ethyl adjacent to an activating group) is 1. The number of nitrogens with zero attached hydrogens (tertiary/aromatic N) is 1. The van der Waals surface area contributed by atoms with Gasteiger partial charge in [-0.05, 0) is 18.9 Å². The van der Waals surface area contributed by atoms with Gasteiger partial charge in [0.1, 0.15) is 12.4 Å². The number of carboxylic acids is 1. The topological polar surface area (TPSA) is 49.8 Å². The van der Waals surface area contributed by atoms with E-state index in [9.17, 15) is 9.90 Å². The van der Waals surface area contributed by atoms with Crippen molar-refractivity contribution >= 4 is 11.7 Å². The molecule has 1 aromatic carbocycles. The lowest BCUT2D eigenvalue weighted by atomic mass is 9.78. The molecule has 0 unspecified atom stereocenters. The normalized spacial score (nSPS) is 20.8. The fraction of sp³-hybridized carbons (Fsp3) is 0.533. The van der Waals surface area contributed by atoms with E-state index in [1.165, 1.54) is 0 Å².